The van der Waals surface area contributed by atoms with Crippen molar-refractivity contribution in [2.45, 2.75) is 0 Å². The van der Waals surface area contributed by atoms with Crippen LogP contribution in [0.1, 0.15) is 0 Å². The standard InChI is InChI=1S/C6H8N3/c1-3-9-4-2-8-6(9)5-7-1/h4,7H,1,3,5H2/q+1. The zero-order valence-electron chi connectivity index (χ0n) is 5.09. The second-order valence-corrected chi connectivity index (χ2v) is 2.16. The summed E-state index contributed by atoms with van der Waals surface area (Å²) in [7, 11) is 0. The Bertz CT molecular complexity index is 171. The minimum atomic E-state index is 0.892. The number of nitrogens with one attached hydrogen (secondary N) is 1. The molecule has 0 aromatic carbocycles. The highest BCUT2D eigenvalue weighted by atomic mass is 15.3. The minimum absolute atomic E-state index is 0.892. The van der Waals surface area contributed by atoms with E-state index in [4.69, 9.17) is 0 Å². The Hall–Kier alpha value is -0.920. The van der Waals surface area contributed by atoms with Gasteiger partial charge in [0.2, 0.25) is 6.20 Å². The summed E-state index contributed by atoms with van der Waals surface area (Å²) in [6, 6.07) is 0. The molecule has 0 radical (unpaired) electrons. The lowest BCUT2D eigenvalue weighted by Gasteiger charge is -2.15. The largest absolute Gasteiger partial charge is 0.292 e. The highest BCUT2D eigenvalue weighted by Crippen LogP contribution is 2.03. The number of piperazine rings is 1. The highest BCUT2D eigenvalue weighted by Gasteiger charge is 2.25. The average Bonchev–Trinajstić information content (AvgIpc) is 2.33. The lowest BCUT2D eigenvalue weighted by Crippen LogP contribution is -2.43. The Labute approximate surface area is 54.1 Å². The minimum Gasteiger partial charge on any atom is -0.292 e. The van der Waals surface area contributed by atoms with Crippen LogP contribution in [0, 0.1) is 6.20 Å². The molecule has 2 aliphatic heterocycles. The summed E-state index contributed by atoms with van der Waals surface area (Å²) in [6.45, 7) is 2.98. The van der Waals surface area contributed by atoms with Crippen LogP contribution in [0.5, 0.6) is 0 Å². The maximum absolute atomic E-state index is 4.03. The van der Waals surface area contributed by atoms with Crippen LogP contribution < -0.4 is 5.32 Å². The van der Waals surface area contributed by atoms with Crippen LogP contribution in [0.4, 0.5) is 0 Å². The zero-order chi connectivity index (χ0) is 6.10. The molecule has 0 aliphatic carbocycles. The summed E-state index contributed by atoms with van der Waals surface area (Å²) in [5.74, 6) is 1.10. The smallest absolute Gasteiger partial charge is 0.273 e. The average molecular weight is 122 g/mol. The first-order valence-corrected chi connectivity index (χ1v) is 3.09. The predicted molar refractivity (Wildman–Crippen MR) is 34.8 cm³/mol. The van der Waals surface area contributed by atoms with Gasteiger partial charge in [-0.1, -0.05) is 0 Å². The van der Waals surface area contributed by atoms with Gasteiger partial charge in [0.15, 0.2) is 6.20 Å². The van der Waals surface area contributed by atoms with E-state index in [1.165, 1.54) is 0 Å². The lowest BCUT2D eigenvalue weighted by atomic mass is 10.4. The molecular formula is C6H8N3+. The number of hydrogen-bond acceptors (Lipinski definition) is 3. The Morgan fingerprint density at radius 1 is 1.78 bits per heavy atom. The zero-order valence-corrected chi connectivity index (χ0v) is 5.09. The number of rotatable bonds is 0. The van der Waals surface area contributed by atoms with E-state index in [2.05, 4.69) is 21.4 Å². The van der Waals surface area contributed by atoms with Crippen molar-refractivity contribution in [1.82, 2.24) is 10.2 Å². The van der Waals surface area contributed by atoms with Crippen LogP contribution in [-0.2, 0) is 0 Å². The molecule has 1 saturated heterocycles. The van der Waals surface area contributed by atoms with E-state index < -0.39 is 0 Å². The van der Waals surface area contributed by atoms with E-state index in [0.29, 0.717) is 0 Å². The van der Waals surface area contributed by atoms with Crippen LogP contribution in [-0.4, -0.2) is 30.4 Å². The third-order valence-corrected chi connectivity index (χ3v) is 1.55. The maximum Gasteiger partial charge on any atom is 0.273 e. The summed E-state index contributed by atoms with van der Waals surface area (Å²) in [4.78, 5) is 6.15. The van der Waals surface area contributed by atoms with Gasteiger partial charge in [0, 0.05) is 11.5 Å². The fraction of sp³-hybridized carbons (Fsp3) is 0.500. The molecule has 0 amide bonds. The molecule has 0 saturated carbocycles. The molecule has 0 unspecified atom stereocenters. The van der Waals surface area contributed by atoms with Gasteiger partial charge in [-0.15, -0.1) is 0 Å². The summed E-state index contributed by atoms with van der Waals surface area (Å²) in [6.07, 6.45) is 4.71. The van der Waals surface area contributed by atoms with Gasteiger partial charge < -0.3 is 0 Å². The van der Waals surface area contributed by atoms with Gasteiger partial charge in [-0.25, -0.2) is 4.90 Å². The fourth-order valence-corrected chi connectivity index (χ4v) is 1.05. The molecule has 0 aromatic rings. The number of nitrogens with zero attached hydrogens (tertiary/aromatic N) is 2. The van der Waals surface area contributed by atoms with Crippen molar-refractivity contribution >= 4 is 5.84 Å². The molecule has 9 heavy (non-hydrogen) atoms. The van der Waals surface area contributed by atoms with Crippen LogP contribution in [0.2, 0.25) is 0 Å². The van der Waals surface area contributed by atoms with Crippen molar-refractivity contribution in [3.05, 3.63) is 12.4 Å². The van der Waals surface area contributed by atoms with Crippen LogP contribution >= 0.6 is 0 Å². The molecule has 0 spiro atoms. The van der Waals surface area contributed by atoms with E-state index in [1.54, 1.807) is 0 Å². The quantitative estimate of drug-likeness (QED) is 0.442. The summed E-state index contributed by atoms with van der Waals surface area (Å²) in [5.41, 5.74) is 0. The van der Waals surface area contributed by atoms with Crippen molar-refractivity contribution in [3.63, 3.8) is 0 Å². The molecule has 1 fully saturated rings. The van der Waals surface area contributed by atoms with E-state index >= 15 is 0 Å². The topological polar surface area (TPSA) is 27.6 Å². The van der Waals surface area contributed by atoms with Crippen molar-refractivity contribution in [3.8, 4) is 0 Å². The SMILES string of the molecule is [C+]1=CN2CCNCC2=N1. The van der Waals surface area contributed by atoms with Crippen molar-refractivity contribution < 1.29 is 0 Å². The third kappa shape index (κ3) is 0.707. The van der Waals surface area contributed by atoms with Crippen LogP contribution in [0.15, 0.2) is 11.2 Å². The first kappa shape index (κ1) is 4.91. The van der Waals surface area contributed by atoms with Gasteiger partial charge in [0.1, 0.15) is 6.54 Å². The predicted octanol–water partition coefficient (Wildman–Crippen LogP) is -0.422. The molecule has 2 rings (SSSR count). The maximum atomic E-state index is 4.03. The normalized spacial score (nSPS) is 23.1. The van der Waals surface area contributed by atoms with Gasteiger partial charge in [-0.2, -0.15) is 0 Å². The summed E-state index contributed by atoms with van der Waals surface area (Å²) >= 11 is 0. The Balaban J connectivity index is 2.16. The molecule has 3 nitrogen and oxygen atoms in total. The van der Waals surface area contributed by atoms with E-state index in [-0.39, 0.29) is 0 Å². The molecule has 2 aliphatic rings. The van der Waals surface area contributed by atoms with Gasteiger partial charge in [-0.3, -0.25) is 5.32 Å². The first-order valence-electron chi connectivity index (χ1n) is 3.09. The summed E-state index contributed by atoms with van der Waals surface area (Å²) in [5, 5.41) is 3.22. The van der Waals surface area contributed by atoms with Crippen molar-refractivity contribution in [2.24, 2.45) is 4.99 Å². The Morgan fingerprint density at radius 2 is 2.78 bits per heavy atom. The number of fused-ring (bicyclic) bond motifs is 1. The summed E-state index contributed by atoms with van der Waals surface area (Å²) < 4.78 is 0. The third-order valence-electron chi connectivity index (χ3n) is 1.55. The number of amidine groups is 1. The van der Waals surface area contributed by atoms with E-state index in [9.17, 15) is 0 Å². The number of aliphatic imine (C=N–C) groups is 1. The second-order valence-electron chi connectivity index (χ2n) is 2.16. The molecule has 0 bridgehead atoms. The van der Waals surface area contributed by atoms with Crippen LogP contribution in [0.3, 0.4) is 0 Å². The Kier molecular flexibility index (Phi) is 0.979. The van der Waals surface area contributed by atoms with Crippen molar-refractivity contribution in [1.29, 1.82) is 0 Å². The second kappa shape index (κ2) is 1.79. The fourth-order valence-electron chi connectivity index (χ4n) is 1.05. The molecule has 0 atom stereocenters. The molecule has 46 valence electrons. The first-order chi connectivity index (χ1) is 4.47. The lowest BCUT2D eigenvalue weighted by molar-refractivity contribution is 0.491. The van der Waals surface area contributed by atoms with Gasteiger partial charge >= 0.3 is 0 Å². The molecule has 0 aromatic heterocycles. The molecule has 2 heterocycles. The van der Waals surface area contributed by atoms with Gasteiger partial charge in [-0.05, 0) is 0 Å². The van der Waals surface area contributed by atoms with Crippen LogP contribution in [0.25, 0.3) is 0 Å². The van der Waals surface area contributed by atoms with E-state index in [1.807, 2.05) is 6.20 Å². The number of hydrogen-bond donors (Lipinski definition) is 1. The molecule has 1 N–H and O–H groups in total. The van der Waals surface area contributed by atoms with E-state index in [0.717, 1.165) is 25.5 Å². The highest BCUT2D eigenvalue weighted by molar-refractivity contribution is 5.87. The Morgan fingerprint density at radius 3 is 3.67 bits per heavy atom. The van der Waals surface area contributed by atoms with Gasteiger partial charge in [0.25, 0.3) is 5.84 Å². The monoisotopic (exact) mass is 122 g/mol. The molecular weight excluding hydrogens is 114 g/mol. The van der Waals surface area contributed by atoms with Crippen molar-refractivity contribution in [2.75, 3.05) is 19.6 Å². The van der Waals surface area contributed by atoms with Gasteiger partial charge in [0.05, 0.1) is 6.54 Å². The molecule has 3 heteroatoms.